The summed E-state index contributed by atoms with van der Waals surface area (Å²) in [5, 5.41) is 8.67. The molecule has 19 heavy (non-hydrogen) atoms. The Labute approximate surface area is 114 Å². The summed E-state index contributed by atoms with van der Waals surface area (Å²) in [4.78, 5) is 13.9. The molecule has 0 aliphatic carbocycles. The van der Waals surface area contributed by atoms with Crippen molar-refractivity contribution in [1.29, 1.82) is 0 Å². The van der Waals surface area contributed by atoms with Gasteiger partial charge >= 0.3 is 0 Å². The molecule has 106 valence electrons. The van der Waals surface area contributed by atoms with Crippen molar-refractivity contribution in [2.75, 3.05) is 26.7 Å². The largest absolute Gasteiger partial charge is 0.396 e. The van der Waals surface area contributed by atoms with E-state index in [0.29, 0.717) is 13.0 Å². The SMILES string of the molecule is CN(CCCCCO)CCC(=O)c1ccccc1F. The van der Waals surface area contributed by atoms with Gasteiger partial charge in [0.25, 0.3) is 0 Å². The number of aliphatic hydroxyl groups is 1. The molecule has 0 heterocycles. The van der Waals surface area contributed by atoms with Gasteiger partial charge < -0.3 is 10.0 Å². The molecule has 0 atom stereocenters. The highest BCUT2D eigenvalue weighted by atomic mass is 19.1. The lowest BCUT2D eigenvalue weighted by Crippen LogP contribution is -2.23. The number of rotatable bonds is 9. The first-order valence-corrected chi connectivity index (χ1v) is 6.72. The van der Waals surface area contributed by atoms with E-state index in [4.69, 9.17) is 5.11 Å². The molecule has 0 saturated heterocycles. The fourth-order valence-electron chi connectivity index (χ4n) is 1.90. The van der Waals surface area contributed by atoms with Gasteiger partial charge in [0, 0.05) is 19.6 Å². The number of carbonyl (C=O) groups excluding carboxylic acids is 1. The minimum Gasteiger partial charge on any atom is -0.396 e. The topological polar surface area (TPSA) is 40.5 Å². The third-order valence-corrected chi connectivity index (χ3v) is 3.09. The maximum Gasteiger partial charge on any atom is 0.167 e. The fraction of sp³-hybridized carbons (Fsp3) is 0.533. The summed E-state index contributed by atoms with van der Waals surface area (Å²) in [6, 6.07) is 6.10. The van der Waals surface area contributed by atoms with Gasteiger partial charge in [-0.2, -0.15) is 0 Å². The van der Waals surface area contributed by atoms with Crippen molar-refractivity contribution in [1.82, 2.24) is 4.90 Å². The zero-order chi connectivity index (χ0) is 14.1. The number of hydrogen-bond acceptors (Lipinski definition) is 3. The minimum absolute atomic E-state index is 0.152. The zero-order valence-corrected chi connectivity index (χ0v) is 11.4. The van der Waals surface area contributed by atoms with Crippen LogP contribution in [-0.4, -0.2) is 42.5 Å². The Bertz CT molecular complexity index is 395. The number of nitrogens with zero attached hydrogens (tertiary/aromatic N) is 1. The molecule has 0 bridgehead atoms. The second-order valence-electron chi connectivity index (χ2n) is 4.74. The molecular weight excluding hydrogens is 245 g/mol. The highest BCUT2D eigenvalue weighted by molar-refractivity contribution is 5.96. The number of aliphatic hydroxyl groups excluding tert-OH is 1. The second-order valence-corrected chi connectivity index (χ2v) is 4.74. The van der Waals surface area contributed by atoms with Gasteiger partial charge in [0.05, 0.1) is 5.56 Å². The van der Waals surface area contributed by atoms with Gasteiger partial charge in [-0.3, -0.25) is 4.79 Å². The summed E-state index contributed by atoms with van der Waals surface area (Å²) >= 11 is 0. The Morgan fingerprint density at radius 1 is 1.21 bits per heavy atom. The maximum atomic E-state index is 13.4. The summed E-state index contributed by atoms with van der Waals surface area (Å²) in [7, 11) is 1.95. The minimum atomic E-state index is -0.446. The highest BCUT2D eigenvalue weighted by Gasteiger charge is 2.11. The molecule has 0 fully saturated rings. The average molecular weight is 267 g/mol. The van der Waals surface area contributed by atoms with Crippen LogP contribution in [0.2, 0.25) is 0 Å². The fourth-order valence-corrected chi connectivity index (χ4v) is 1.90. The van der Waals surface area contributed by atoms with E-state index in [2.05, 4.69) is 4.90 Å². The van der Waals surface area contributed by atoms with Gasteiger partial charge in [-0.05, 0) is 45.0 Å². The van der Waals surface area contributed by atoms with E-state index in [0.717, 1.165) is 25.8 Å². The van der Waals surface area contributed by atoms with Crippen molar-refractivity contribution in [3.63, 3.8) is 0 Å². The first kappa shape index (κ1) is 15.8. The van der Waals surface area contributed by atoms with Crippen molar-refractivity contribution >= 4 is 5.78 Å². The highest BCUT2D eigenvalue weighted by Crippen LogP contribution is 2.09. The van der Waals surface area contributed by atoms with Crippen molar-refractivity contribution in [3.05, 3.63) is 35.6 Å². The van der Waals surface area contributed by atoms with Crippen LogP contribution in [0, 0.1) is 5.82 Å². The summed E-state index contributed by atoms with van der Waals surface area (Å²) in [6.45, 7) is 1.76. The van der Waals surface area contributed by atoms with Crippen molar-refractivity contribution in [2.45, 2.75) is 25.7 Å². The van der Waals surface area contributed by atoms with Crippen LogP contribution in [0.3, 0.4) is 0 Å². The van der Waals surface area contributed by atoms with E-state index in [1.165, 1.54) is 12.1 Å². The van der Waals surface area contributed by atoms with Crippen LogP contribution in [0.15, 0.2) is 24.3 Å². The van der Waals surface area contributed by atoms with Crippen LogP contribution in [0.1, 0.15) is 36.0 Å². The number of ketones is 1. The predicted molar refractivity (Wildman–Crippen MR) is 73.8 cm³/mol. The number of unbranched alkanes of at least 4 members (excludes halogenated alkanes) is 2. The average Bonchev–Trinajstić information content (AvgIpc) is 2.41. The third-order valence-electron chi connectivity index (χ3n) is 3.09. The smallest absolute Gasteiger partial charge is 0.167 e. The number of Topliss-reactive ketones (excluding diaryl/α,β-unsaturated/α-hetero) is 1. The molecule has 4 heteroatoms. The van der Waals surface area contributed by atoms with Gasteiger partial charge in [0.1, 0.15) is 5.82 Å². The molecule has 1 N–H and O–H groups in total. The molecule has 0 aliphatic heterocycles. The Morgan fingerprint density at radius 3 is 2.63 bits per heavy atom. The van der Waals surface area contributed by atoms with Crippen molar-refractivity contribution in [3.8, 4) is 0 Å². The molecule has 1 aromatic carbocycles. The Balaban J connectivity index is 2.28. The van der Waals surface area contributed by atoms with Crippen LogP contribution in [0.4, 0.5) is 4.39 Å². The van der Waals surface area contributed by atoms with Gasteiger partial charge in [-0.1, -0.05) is 12.1 Å². The summed E-state index contributed by atoms with van der Waals surface area (Å²) in [5.41, 5.74) is 0.177. The molecule has 0 spiro atoms. The number of carbonyl (C=O) groups is 1. The van der Waals surface area contributed by atoms with Crippen LogP contribution in [-0.2, 0) is 0 Å². The van der Waals surface area contributed by atoms with E-state index in [1.807, 2.05) is 7.05 Å². The number of benzene rings is 1. The molecule has 0 radical (unpaired) electrons. The van der Waals surface area contributed by atoms with E-state index in [-0.39, 0.29) is 18.0 Å². The number of halogens is 1. The zero-order valence-electron chi connectivity index (χ0n) is 11.4. The van der Waals surface area contributed by atoms with Gasteiger partial charge in [-0.15, -0.1) is 0 Å². The first-order valence-electron chi connectivity index (χ1n) is 6.72. The lowest BCUT2D eigenvalue weighted by Gasteiger charge is -2.15. The van der Waals surface area contributed by atoms with E-state index in [1.54, 1.807) is 12.1 Å². The molecule has 1 aromatic rings. The lowest BCUT2D eigenvalue weighted by molar-refractivity contribution is 0.0965. The molecule has 0 aliphatic rings. The Morgan fingerprint density at radius 2 is 1.95 bits per heavy atom. The normalized spacial score (nSPS) is 10.9. The molecule has 0 aromatic heterocycles. The maximum absolute atomic E-state index is 13.4. The standard InChI is InChI=1S/C15H22FNO2/c1-17(10-5-2-6-12-18)11-9-15(19)13-7-3-4-8-14(13)16/h3-4,7-8,18H,2,5-6,9-12H2,1H3. The molecule has 1 rings (SSSR count). The van der Waals surface area contributed by atoms with Crippen LogP contribution in [0.5, 0.6) is 0 Å². The number of hydrogen-bond donors (Lipinski definition) is 1. The van der Waals surface area contributed by atoms with Crippen molar-refractivity contribution in [2.24, 2.45) is 0 Å². The quantitative estimate of drug-likeness (QED) is 0.552. The van der Waals surface area contributed by atoms with Crippen LogP contribution in [0.25, 0.3) is 0 Å². The summed E-state index contributed by atoms with van der Waals surface area (Å²) in [6.07, 6.45) is 3.15. The van der Waals surface area contributed by atoms with Crippen LogP contribution >= 0.6 is 0 Å². The molecule has 0 amide bonds. The molecule has 0 saturated carbocycles. The van der Waals surface area contributed by atoms with Crippen LogP contribution < -0.4 is 0 Å². The summed E-state index contributed by atoms with van der Waals surface area (Å²) < 4.78 is 13.4. The van der Waals surface area contributed by atoms with E-state index in [9.17, 15) is 9.18 Å². The van der Waals surface area contributed by atoms with Crippen molar-refractivity contribution < 1.29 is 14.3 Å². The third kappa shape index (κ3) is 5.94. The van der Waals surface area contributed by atoms with E-state index >= 15 is 0 Å². The first-order chi connectivity index (χ1) is 9.15. The van der Waals surface area contributed by atoms with Gasteiger partial charge in [0.15, 0.2) is 5.78 Å². The second kappa shape index (κ2) is 8.77. The Hall–Kier alpha value is -1.26. The van der Waals surface area contributed by atoms with E-state index < -0.39 is 5.82 Å². The Kier molecular flexibility index (Phi) is 7.30. The monoisotopic (exact) mass is 267 g/mol. The lowest BCUT2D eigenvalue weighted by atomic mass is 10.1. The molecule has 0 unspecified atom stereocenters. The molecular formula is C15H22FNO2. The van der Waals surface area contributed by atoms with Gasteiger partial charge in [-0.25, -0.2) is 4.39 Å². The predicted octanol–water partition coefficient (Wildman–Crippen LogP) is 2.49. The summed E-state index contributed by atoms with van der Waals surface area (Å²) in [5.74, 6) is -0.599. The molecule has 3 nitrogen and oxygen atoms in total. The van der Waals surface area contributed by atoms with Gasteiger partial charge in [0.2, 0.25) is 0 Å².